The molecule has 1 aromatic carbocycles. The summed E-state index contributed by atoms with van der Waals surface area (Å²) in [6.45, 7) is 0.440. The van der Waals surface area contributed by atoms with E-state index >= 15 is 0 Å². The maximum atomic E-state index is 12.3. The Kier molecular flexibility index (Phi) is 5.12. The lowest BCUT2D eigenvalue weighted by Gasteiger charge is -2.17. The first kappa shape index (κ1) is 16.0. The zero-order chi connectivity index (χ0) is 16.1. The maximum Gasteiger partial charge on any atom is 0.255 e. The van der Waals surface area contributed by atoms with Crippen LogP contribution >= 0.6 is 11.6 Å². The van der Waals surface area contributed by atoms with Gasteiger partial charge in [-0.15, -0.1) is 0 Å². The van der Waals surface area contributed by atoms with Gasteiger partial charge in [-0.1, -0.05) is 23.7 Å². The second-order valence-corrected chi connectivity index (χ2v) is 5.19. The van der Waals surface area contributed by atoms with Gasteiger partial charge in [0.25, 0.3) is 11.8 Å². The van der Waals surface area contributed by atoms with Crippen LogP contribution in [0.15, 0.2) is 42.6 Å². The molecule has 1 heterocycles. The van der Waals surface area contributed by atoms with Gasteiger partial charge in [0, 0.05) is 32.4 Å². The van der Waals surface area contributed by atoms with Gasteiger partial charge in [-0.05, 0) is 29.8 Å². The van der Waals surface area contributed by atoms with Crippen LogP contribution < -0.4 is 5.32 Å². The van der Waals surface area contributed by atoms with Crippen LogP contribution in [0, 0.1) is 0 Å². The number of hydrogen-bond donors (Lipinski definition) is 1. The minimum absolute atomic E-state index is 0.136. The van der Waals surface area contributed by atoms with E-state index < -0.39 is 0 Å². The van der Waals surface area contributed by atoms with E-state index in [4.69, 9.17) is 11.6 Å². The molecular formula is C16H16ClN3O2. The van der Waals surface area contributed by atoms with Crippen LogP contribution in [0.3, 0.4) is 0 Å². The van der Waals surface area contributed by atoms with Crippen molar-refractivity contribution in [2.75, 3.05) is 14.1 Å². The molecule has 0 aliphatic carbocycles. The summed E-state index contributed by atoms with van der Waals surface area (Å²) >= 11 is 5.71. The maximum absolute atomic E-state index is 12.3. The van der Waals surface area contributed by atoms with Crippen molar-refractivity contribution in [1.29, 1.82) is 0 Å². The number of carbonyl (C=O) groups excluding carboxylic acids is 2. The largest absolute Gasteiger partial charge is 0.355 e. The summed E-state index contributed by atoms with van der Waals surface area (Å²) in [5, 5.41) is 2.92. The number of rotatable bonds is 4. The van der Waals surface area contributed by atoms with E-state index in [1.165, 1.54) is 6.20 Å². The number of aromatic nitrogens is 1. The van der Waals surface area contributed by atoms with Gasteiger partial charge in [0.15, 0.2) is 0 Å². The van der Waals surface area contributed by atoms with Gasteiger partial charge in [0.05, 0.1) is 5.56 Å². The third-order valence-electron chi connectivity index (χ3n) is 3.18. The summed E-state index contributed by atoms with van der Waals surface area (Å²) in [5.74, 6) is -0.275. The number of nitrogens with zero attached hydrogens (tertiary/aromatic N) is 2. The van der Waals surface area contributed by atoms with Crippen molar-refractivity contribution in [3.05, 3.63) is 64.4 Å². The smallest absolute Gasteiger partial charge is 0.255 e. The SMILES string of the molecule is CNC(=O)c1ccc(CN(C)C(=O)c2ccc(Cl)nc2)cc1. The topological polar surface area (TPSA) is 62.3 Å². The molecule has 2 amide bonds. The zero-order valence-corrected chi connectivity index (χ0v) is 13.1. The van der Waals surface area contributed by atoms with Gasteiger partial charge in [-0.2, -0.15) is 0 Å². The molecule has 0 spiro atoms. The Balaban J connectivity index is 2.05. The minimum atomic E-state index is -0.139. The van der Waals surface area contributed by atoms with Crippen LogP contribution in [0.5, 0.6) is 0 Å². The predicted octanol–water partition coefficient (Wildman–Crippen LogP) is 2.37. The summed E-state index contributed by atoms with van der Waals surface area (Å²) in [6.07, 6.45) is 1.45. The summed E-state index contributed by atoms with van der Waals surface area (Å²) in [7, 11) is 3.30. The average molecular weight is 318 g/mol. The molecule has 0 bridgehead atoms. The fourth-order valence-corrected chi connectivity index (χ4v) is 2.09. The molecule has 22 heavy (non-hydrogen) atoms. The summed E-state index contributed by atoms with van der Waals surface area (Å²) < 4.78 is 0. The molecule has 0 aliphatic heterocycles. The van der Waals surface area contributed by atoms with E-state index in [-0.39, 0.29) is 11.8 Å². The summed E-state index contributed by atoms with van der Waals surface area (Å²) in [4.78, 5) is 29.2. The Hall–Kier alpha value is -2.40. The Morgan fingerprint density at radius 1 is 1.14 bits per heavy atom. The van der Waals surface area contributed by atoms with Gasteiger partial charge in [0.1, 0.15) is 5.15 Å². The van der Waals surface area contributed by atoms with Crippen LogP contribution in [0.25, 0.3) is 0 Å². The highest BCUT2D eigenvalue weighted by molar-refractivity contribution is 6.29. The van der Waals surface area contributed by atoms with Crippen LogP contribution in [0.1, 0.15) is 26.3 Å². The molecule has 0 aliphatic rings. The fourth-order valence-electron chi connectivity index (χ4n) is 1.97. The quantitative estimate of drug-likeness (QED) is 0.881. The van der Waals surface area contributed by atoms with E-state index in [1.807, 2.05) is 12.1 Å². The molecule has 0 saturated heterocycles. The monoisotopic (exact) mass is 317 g/mol. The van der Waals surface area contributed by atoms with E-state index in [0.29, 0.717) is 22.8 Å². The number of benzene rings is 1. The Bertz CT molecular complexity index is 669. The highest BCUT2D eigenvalue weighted by Gasteiger charge is 2.12. The van der Waals surface area contributed by atoms with Crippen LogP contribution in [-0.2, 0) is 6.54 Å². The van der Waals surface area contributed by atoms with E-state index in [0.717, 1.165) is 5.56 Å². The summed E-state index contributed by atoms with van der Waals surface area (Å²) in [5.41, 5.74) is 2.00. The predicted molar refractivity (Wildman–Crippen MR) is 84.9 cm³/mol. The number of carbonyl (C=O) groups is 2. The number of pyridine rings is 1. The first-order valence-corrected chi connectivity index (χ1v) is 7.07. The van der Waals surface area contributed by atoms with Crippen LogP contribution in [0.2, 0.25) is 5.15 Å². The van der Waals surface area contributed by atoms with Gasteiger partial charge >= 0.3 is 0 Å². The molecule has 5 nitrogen and oxygen atoms in total. The first-order chi connectivity index (χ1) is 10.5. The molecule has 0 unspecified atom stereocenters. The highest BCUT2D eigenvalue weighted by Crippen LogP contribution is 2.11. The Labute approximate surface area is 133 Å². The molecule has 0 atom stereocenters. The highest BCUT2D eigenvalue weighted by atomic mass is 35.5. The second kappa shape index (κ2) is 7.04. The number of nitrogens with one attached hydrogen (secondary N) is 1. The molecule has 0 radical (unpaired) electrons. The van der Waals surface area contributed by atoms with E-state index in [2.05, 4.69) is 10.3 Å². The van der Waals surface area contributed by atoms with Crippen LogP contribution in [0.4, 0.5) is 0 Å². The Morgan fingerprint density at radius 2 is 1.77 bits per heavy atom. The average Bonchev–Trinajstić information content (AvgIpc) is 2.54. The molecule has 0 saturated carbocycles. The van der Waals surface area contributed by atoms with Crippen molar-refractivity contribution >= 4 is 23.4 Å². The standard InChI is InChI=1S/C16H16ClN3O2/c1-18-15(21)12-5-3-11(4-6-12)10-20(2)16(22)13-7-8-14(17)19-9-13/h3-9H,10H2,1-2H3,(H,18,21). The van der Waals surface area contributed by atoms with E-state index in [1.54, 1.807) is 43.3 Å². The molecule has 6 heteroatoms. The third kappa shape index (κ3) is 3.83. The molecular weight excluding hydrogens is 302 g/mol. The van der Waals surface area contributed by atoms with Crippen molar-refractivity contribution < 1.29 is 9.59 Å². The second-order valence-electron chi connectivity index (χ2n) is 4.81. The molecule has 1 N–H and O–H groups in total. The number of halogens is 1. The van der Waals surface area contributed by atoms with Gasteiger partial charge in [-0.25, -0.2) is 4.98 Å². The lowest BCUT2D eigenvalue weighted by molar-refractivity contribution is 0.0784. The third-order valence-corrected chi connectivity index (χ3v) is 3.41. The Morgan fingerprint density at radius 3 is 2.32 bits per heavy atom. The molecule has 114 valence electrons. The molecule has 2 aromatic rings. The van der Waals surface area contributed by atoms with Gasteiger partial charge in [0.2, 0.25) is 0 Å². The van der Waals surface area contributed by atoms with Crippen molar-refractivity contribution in [3.63, 3.8) is 0 Å². The van der Waals surface area contributed by atoms with Crippen molar-refractivity contribution in [3.8, 4) is 0 Å². The van der Waals surface area contributed by atoms with Crippen molar-refractivity contribution in [1.82, 2.24) is 15.2 Å². The van der Waals surface area contributed by atoms with Crippen molar-refractivity contribution in [2.24, 2.45) is 0 Å². The summed E-state index contributed by atoms with van der Waals surface area (Å²) in [6, 6.07) is 10.3. The number of hydrogen-bond acceptors (Lipinski definition) is 3. The normalized spacial score (nSPS) is 10.1. The minimum Gasteiger partial charge on any atom is -0.355 e. The molecule has 0 fully saturated rings. The molecule has 2 rings (SSSR count). The first-order valence-electron chi connectivity index (χ1n) is 6.69. The van der Waals surface area contributed by atoms with Crippen LogP contribution in [-0.4, -0.2) is 35.8 Å². The number of amides is 2. The fraction of sp³-hybridized carbons (Fsp3) is 0.188. The van der Waals surface area contributed by atoms with Gasteiger partial charge in [-0.3, -0.25) is 9.59 Å². The lowest BCUT2D eigenvalue weighted by atomic mass is 10.1. The lowest BCUT2D eigenvalue weighted by Crippen LogP contribution is -2.26. The zero-order valence-electron chi connectivity index (χ0n) is 12.3. The van der Waals surface area contributed by atoms with E-state index in [9.17, 15) is 9.59 Å². The molecule has 1 aromatic heterocycles. The van der Waals surface area contributed by atoms with Gasteiger partial charge < -0.3 is 10.2 Å². The van der Waals surface area contributed by atoms with Crippen molar-refractivity contribution in [2.45, 2.75) is 6.54 Å².